The minimum atomic E-state index is -2.11. The van der Waals surface area contributed by atoms with E-state index >= 15 is 0 Å². The van der Waals surface area contributed by atoms with Crippen molar-refractivity contribution < 1.29 is 49.6 Å². The Labute approximate surface area is 171 Å². The van der Waals surface area contributed by atoms with Gasteiger partial charge in [0.2, 0.25) is 0 Å². The number of hydrogen-bond acceptors (Lipinski definition) is 10. The molecular formula is C19H36O10. The van der Waals surface area contributed by atoms with E-state index in [9.17, 15) is 35.4 Å². The summed E-state index contributed by atoms with van der Waals surface area (Å²) >= 11 is 0. The van der Waals surface area contributed by atoms with E-state index in [1.54, 1.807) is 6.92 Å². The van der Waals surface area contributed by atoms with Crippen LogP contribution < -0.4 is 0 Å². The van der Waals surface area contributed by atoms with Crippen LogP contribution in [0.1, 0.15) is 53.4 Å². The fourth-order valence-electron chi connectivity index (χ4n) is 2.99. The number of rotatable bonds is 11. The quantitative estimate of drug-likeness (QED) is 0.222. The molecule has 10 heteroatoms. The Hall–Kier alpha value is -0.850. The molecule has 172 valence electrons. The molecule has 0 unspecified atom stereocenters. The number of carbonyl (C=O) groups is 1. The summed E-state index contributed by atoms with van der Waals surface area (Å²) in [5.41, 5.74) is -2.11. The third kappa shape index (κ3) is 6.83. The minimum Gasteiger partial charge on any atom is -0.461 e. The van der Waals surface area contributed by atoms with Gasteiger partial charge in [0.25, 0.3) is 0 Å². The summed E-state index contributed by atoms with van der Waals surface area (Å²) in [7, 11) is 0. The highest BCUT2D eigenvalue weighted by Crippen LogP contribution is 2.25. The number of hydrogen-bond donors (Lipinski definition) is 6. The summed E-state index contributed by atoms with van der Waals surface area (Å²) in [5.74, 6) is -1.09. The molecular weight excluding hydrogens is 388 g/mol. The molecule has 1 heterocycles. The molecule has 29 heavy (non-hydrogen) atoms. The van der Waals surface area contributed by atoms with Crippen molar-refractivity contribution in [2.45, 2.75) is 108 Å². The third-order valence-corrected chi connectivity index (χ3v) is 5.37. The maximum absolute atomic E-state index is 12.1. The van der Waals surface area contributed by atoms with E-state index in [1.165, 1.54) is 13.8 Å². The maximum atomic E-state index is 12.1. The predicted octanol–water partition coefficient (Wildman–Crippen LogP) is -1.18. The normalized spacial score (nSPS) is 32.8. The summed E-state index contributed by atoms with van der Waals surface area (Å²) in [6.07, 6.45) is -7.97. The van der Waals surface area contributed by atoms with Gasteiger partial charge in [0.05, 0.1) is 18.3 Å². The van der Waals surface area contributed by atoms with Gasteiger partial charge in [0.1, 0.15) is 31.0 Å². The fourth-order valence-corrected chi connectivity index (χ4v) is 2.99. The van der Waals surface area contributed by atoms with Crippen molar-refractivity contribution in [1.29, 1.82) is 0 Å². The van der Waals surface area contributed by atoms with E-state index in [4.69, 9.17) is 14.2 Å². The molecule has 0 aromatic heterocycles. The first-order valence-corrected chi connectivity index (χ1v) is 10.1. The van der Waals surface area contributed by atoms with Gasteiger partial charge in [-0.3, -0.25) is 0 Å². The van der Waals surface area contributed by atoms with Gasteiger partial charge in [0, 0.05) is 0 Å². The number of ether oxygens (including phenoxy) is 3. The Morgan fingerprint density at radius 2 is 1.69 bits per heavy atom. The second-order valence-corrected chi connectivity index (χ2v) is 7.65. The van der Waals surface area contributed by atoms with Crippen LogP contribution in [0.15, 0.2) is 0 Å². The first-order chi connectivity index (χ1) is 13.5. The van der Waals surface area contributed by atoms with Crippen LogP contribution in [0.25, 0.3) is 0 Å². The molecule has 1 aliphatic heterocycles. The molecule has 1 aliphatic rings. The van der Waals surface area contributed by atoms with Gasteiger partial charge in [-0.1, -0.05) is 13.8 Å². The van der Waals surface area contributed by atoms with Crippen molar-refractivity contribution in [2.75, 3.05) is 6.61 Å². The molecule has 1 fully saturated rings. The van der Waals surface area contributed by atoms with E-state index < -0.39 is 67.2 Å². The Morgan fingerprint density at radius 3 is 2.21 bits per heavy atom. The molecule has 0 amide bonds. The zero-order chi connectivity index (χ0) is 22.4. The Kier molecular flexibility index (Phi) is 10.4. The Balaban J connectivity index is 2.70. The van der Waals surface area contributed by atoms with Crippen LogP contribution in [0.4, 0.5) is 0 Å². The summed E-state index contributed by atoms with van der Waals surface area (Å²) in [5, 5.41) is 59.8. The van der Waals surface area contributed by atoms with E-state index in [-0.39, 0.29) is 6.42 Å². The van der Waals surface area contributed by atoms with Crippen LogP contribution in [-0.4, -0.2) is 97.8 Å². The van der Waals surface area contributed by atoms with Crippen LogP contribution in [0.2, 0.25) is 0 Å². The summed E-state index contributed by atoms with van der Waals surface area (Å²) < 4.78 is 16.1. The van der Waals surface area contributed by atoms with Crippen LogP contribution in [0, 0.1) is 0 Å². The van der Waals surface area contributed by atoms with Gasteiger partial charge >= 0.3 is 5.97 Å². The first-order valence-electron chi connectivity index (χ1n) is 10.1. The lowest BCUT2D eigenvalue weighted by Gasteiger charge is -2.41. The van der Waals surface area contributed by atoms with E-state index in [0.717, 1.165) is 0 Å². The molecule has 1 saturated heterocycles. The summed E-state index contributed by atoms with van der Waals surface area (Å²) in [6.45, 7) is 5.79. The van der Waals surface area contributed by atoms with Crippen LogP contribution in [0.5, 0.6) is 0 Å². The zero-order valence-electron chi connectivity index (χ0n) is 17.5. The number of aliphatic hydroxyl groups excluding tert-OH is 5. The largest absolute Gasteiger partial charge is 0.461 e. The van der Waals surface area contributed by atoms with Crippen LogP contribution in [-0.2, 0) is 19.0 Å². The summed E-state index contributed by atoms with van der Waals surface area (Å²) in [4.78, 5) is 12.1. The maximum Gasteiger partial charge on any atom is 0.340 e. The number of esters is 1. The molecule has 1 rings (SSSR count). The number of carbonyl (C=O) groups excluding carboxylic acids is 1. The second kappa shape index (κ2) is 11.5. The van der Waals surface area contributed by atoms with E-state index in [2.05, 4.69) is 0 Å². The predicted molar refractivity (Wildman–Crippen MR) is 101 cm³/mol. The van der Waals surface area contributed by atoms with E-state index in [0.29, 0.717) is 19.3 Å². The van der Waals surface area contributed by atoms with Gasteiger partial charge in [0.15, 0.2) is 11.9 Å². The minimum absolute atomic E-state index is 0.0915. The average Bonchev–Trinajstić information content (AvgIpc) is 2.70. The average molecular weight is 424 g/mol. The van der Waals surface area contributed by atoms with Crippen molar-refractivity contribution >= 4 is 5.97 Å². The SMILES string of the molecule is CC[C@H](O)CC[C@H](C)O[C@@H]1O[C@H](COC(=O)[C@](O)(CC)[C@@H](C)O)[C@@H](O)[C@H](O)[C@H]1O. The van der Waals surface area contributed by atoms with Crippen LogP contribution in [0.3, 0.4) is 0 Å². The lowest BCUT2D eigenvalue weighted by Crippen LogP contribution is -2.60. The third-order valence-electron chi connectivity index (χ3n) is 5.37. The molecule has 0 aromatic rings. The fraction of sp³-hybridized carbons (Fsp3) is 0.947. The zero-order valence-corrected chi connectivity index (χ0v) is 17.5. The highest BCUT2D eigenvalue weighted by atomic mass is 16.7. The lowest BCUT2D eigenvalue weighted by atomic mass is 9.95. The van der Waals surface area contributed by atoms with Gasteiger partial charge in [-0.15, -0.1) is 0 Å². The molecule has 0 spiro atoms. The van der Waals surface area contributed by atoms with Gasteiger partial charge in [-0.05, 0) is 39.5 Å². The molecule has 0 aromatic carbocycles. The van der Waals surface area contributed by atoms with Gasteiger partial charge in [-0.2, -0.15) is 0 Å². The number of aliphatic hydroxyl groups is 6. The highest BCUT2D eigenvalue weighted by Gasteiger charge is 2.46. The Morgan fingerprint density at radius 1 is 1.07 bits per heavy atom. The van der Waals surface area contributed by atoms with Crippen molar-refractivity contribution in [3.63, 3.8) is 0 Å². The smallest absolute Gasteiger partial charge is 0.340 e. The molecule has 6 N–H and O–H groups in total. The van der Waals surface area contributed by atoms with Crippen molar-refractivity contribution in [1.82, 2.24) is 0 Å². The molecule has 10 nitrogen and oxygen atoms in total. The topological polar surface area (TPSA) is 166 Å². The van der Waals surface area contributed by atoms with Gasteiger partial charge in [-0.25, -0.2) is 4.79 Å². The van der Waals surface area contributed by atoms with Crippen molar-refractivity contribution in [3.05, 3.63) is 0 Å². The Bertz CT molecular complexity index is 501. The first kappa shape index (κ1) is 26.2. The van der Waals surface area contributed by atoms with Crippen molar-refractivity contribution in [2.24, 2.45) is 0 Å². The summed E-state index contributed by atoms with van der Waals surface area (Å²) in [6, 6.07) is 0. The molecule has 0 bridgehead atoms. The molecule has 0 saturated carbocycles. The van der Waals surface area contributed by atoms with Gasteiger partial charge < -0.3 is 44.8 Å². The van der Waals surface area contributed by atoms with Crippen molar-refractivity contribution in [3.8, 4) is 0 Å². The van der Waals surface area contributed by atoms with Crippen LogP contribution >= 0.6 is 0 Å². The lowest BCUT2D eigenvalue weighted by molar-refractivity contribution is -0.311. The monoisotopic (exact) mass is 424 g/mol. The molecule has 0 aliphatic carbocycles. The standard InChI is InChI=1S/C19H36O10/c1-5-12(21)8-7-10(3)28-17-16(24)15(23)14(22)13(29-17)9-27-18(25)19(26,6-2)11(4)20/h10-17,20-24,26H,5-9H2,1-4H3/t10-,11+,12-,13+,14+,15-,16+,17+,19-/m0/s1. The second-order valence-electron chi connectivity index (χ2n) is 7.65. The van der Waals surface area contributed by atoms with E-state index in [1.807, 2.05) is 6.92 Å². The molecule has 9 atom stereocenters. The molecule has 0 radical (unpaired) electrons. The highest BCUT2D eigenvalue weighted by molar-refractivity contribution is 5.80.